The number of likely N-dealkylation sites (tertiary alicyclic amines) is 1. The summed E-state index contributed by atoms with van der Waals surface area (Å²) in [6.45, 7) is 4.04. The van der Waals surface area contributed by atoms with Gasteiger partial charge >= 0.3 is 0 Å². The third kappa shape index (κ3) is 4.46. The summed E-state index contributed by atoms with van der Waals surface area (Å²) in [5.74, 6) is -0.542. The van der Waals surface area contributed by atoms with Crippen molar-refractivity contribution in [3.05, 3.63) is 84.7 Å². The van der Waals surface area contributed by atoms with E-state index in [0.29, 0.717) is 0 Å². The first-order valence-corrected chi connectivity index (χ1v) is 10.9. The van der Waals surface area contributed by atoms with Crippen molar-refractivity contribution in [2.45, 2.75) is 19.4 Å². The molecule has 4 aromatic rings. The molecular formula is C26H24F2N4. The number of hydrogen-bond donors (Lipinski definition) is 0. The van der Waals surface area contributed by atoms with Crippen molar-refractivity contribution in [2.75, 3.05) is 19.6 Å². The standard InChI is InChI=1S/C26H24F2N4/c27-22-7-3-19(4-8-22)24-18-32(16-15-31-13-1-2-14-31)30-26(24)21-11-12-29-25(17-21)20-5-9-23(28)10-6-20/h3-12,17-18H,1-2,13-16H2. The summed E-state index contributed by atoms with van der Waals surface area (Å²) in [5.41, 5.74) is 5.18. The Hall–Kier alpha value is -3.38. The van der Waals surface area contributed by atoms with Crippen molar-refractivity contribution >= 4 is 0 Å². The Morgan fingerprint density at radius 1 is 0.750 bits per heavy atom. The summed E-state index contributed by atoms with van der Waals surface area (Å²) in [7, 11) is 0. The molecular weight excluding hydrogens is 406 g/mol. The number of benzene rings is 2. The first-order chi connectivity index (χ1) is 15.7. The van der Waals surface area contributed by atoms with Gasteiger partial charge in [-0.15, -0.1) is 0 Å². The second-order valence-electron chi connectivity index (χ2n) is 8.15. The lowest BCUT2D eigenvalue weighted by molar-refractivity contribution is 0.316. The molecule has 0 saturated carbocycles. The summed E-state index contributed by atoms with van der Waals surface area (Å²) < 4.78 is 28.8. The van der Waals surface area contributed by atoms with Crippen molar-refractivity contribution in [1.82, 2.24) is 19.7 Å². The molecule has 0 radical (unpaired) electrons. The van der Waals surface area contributed by atoms with Crippen LogP contribution in [0, 0.1) is 11.6 Å². The van der Waals surface area contributed by atoms with Gasteiger partial charge in [-0.3, -0.25) is 9.67 Å². The maximum absolute atomic E-state index is 13.5. The zero-order valence-corrected chi connectivity index (χ0v) is 17.7. The number of nitrogens with zero attached hydrogens (tertiary/aromatic N) is 4. The zero-order chi connectivity index (χ0) is 21.9. The summed E-state index contributed by atoms with van der Waals surface area (Å²) in [5, 5.41) is 4.90. The Kier molecular flexibility index (Phi) is 5.77. The Labute approximate surface area is 186 Å². The largest absolute Gasteiger partial charge is 0.301 e. The average Bonchev–Trinajstić information content (AvgIpc) is 3.49. The van der Waals surface area contributed by atoms with E-state index in [-0.39, 0.29) is 11.6 Å². The van der Waals surface area contributed by atoms with Crippen molar-refractivity contribution in [1.29, 1.82) is 0 Å². The summed E-state index contributed by atoms with van der Waals surface area (Å²) in [6, 6.07) is 16.7. The van der Waals surface area contributed by atoms with Crippen molar-refractivity contribution < 1.29 is 8.78 Å². The van der Waals surface area contributed by atoms with Gasteiger partial charge in [0.2, 0.25) is 0 Å². The maximum Gasteiger partial charge on any atom is 0.123 e. The maximum atomic E-state index is 13.5. The summed E-state index contributed by atoms with van der Waals surface area (Å²) in [6.07, 6.45) is 6.30. The lowest BCUT2D eigenvalue weighted by atomic mass is 10.0. The molecule has 4 nitrogen and oxygen atoms in total. The van der Waals surface area contributed by atoms with Crippen molar-refractivity contribution in [3.8, 4) is 33.6 Å². The van der Waals surface area contributed by atoms with Crippen molar-refractivity contribution in [2.24, 2.45) is 0 Å². The second-order valence-corrected chi connectivity index (χ2v) is 8.15. The van der Waals surface area contributed by atoms with Crippen LogP contribution in [0.15, 0.2) is 73.1 Å². The Morgan fingerprint density at radius 2 is 1.41 bits per heavy atom. The van der Waals surface area contributed by atoms with Gasteiger partial charge in [0.15, 0.2) is 0 Å². The van der Waals surface area contributed by atoms with E-state index >= 15 is 0 Å². The molecule has 1 saturated heterocycles. The van der Waals surface area contributed by atoms with E-state index in [4.69, 9.17) is 5.10 Å². The van der Waals surface area contributed by atoms with Gasteiger partial charge in [-0.2, -0.15) is 5.10 Å². The fourth-order valence-electron chi connectivity index (χ4n) is 4.20. The van der Waals surface area contributed by atoms with E-state index in [9.17, 15) is 8.78 Å². The molecule has 6 heteroatoms. The number of aromatic nitrogens is 3. The second kappa shape index (κ2) is 9.01. The number of hydrogen-bond acceptors (Lipinski definition) is 3. The topological polar surface area (TPSA) is 34.0 Å². The van der Waals surface area contributed by atoms with Gasteiger partial charge in [0.1, 0.15) is 17.3 Å². The van der Waals surface area contributed by atoms with E-state index in [1.807, 2.05) is 23.0 Å². The Balaban J connectivity index is 1.51. The molecule has 5 rings (SSSR count). The van der Waals surface area contributed by atoms with Gasteiger partial charge in [-0.05, 0) is 80.0 Å². The van der Waals surface area contributed by atoms with Crippen LogP contribution < -0.4 is 0 Å². The fourth-order valence-corrected chi connectivity index (χ4v) is 4.20. The van der Waals surface area contributed by atoms with Crippen LogP contribution >= 0.6 is 0 Å². The lowest BCUT2D eigenvalue weighted by Crippen LogP contribution is -2.24. The molecule has 0 amide bonds. The molecule has 0 spiro atoms. The molecule has 0 aliphatic carbocycles. The molecule has 1 aliphatic rings. The summed E-state index contributed by atoms with van der Waals surface area (Å²) in [4.78, 5) is 6.92. The fraction of sp³-hybridized carbons (Fsp3) is 0.231. The van der Waals surface area contributed by atoms with Crippen LogP contribution in [0.3, 0.4) is 0 Å². The minimum absolute atomic E-state index is 0.265. The van der Waals surface area contributed by atoms with E-state index in [2.05, 4.69) is 9.88 Å². The Bertz CT molecular complexity index is 1190. The number of halogens is 2. The molecule has 32 heavy (non-hydrogen) atoms. The molecule has 2 aromatic carbocycles. The summed E-state index contributed by atoms with van der Waals surface area (Å²) >= 11 is 0. The third-order valence-electron chi connectivity index (χ3n) is 5.93. The molecule has 0 unspecified atom stereocenters. The van der Waals surface area contributed by atoms with E-state index in [1.54, 1.807) is 30.5 Å². The molecule has 0 atom stereocenters. The highest BCUT2D eigenvalue weighted by molar-refractivity contribution is 5.81. The van der Waals surface area contributed by atoms with Crippen molar-refractivity contribution in [3.63, 3.8) is 0 Å². The first-order valence-electron chi connectivity index (χ1n) is 10.9. The highest BCUT2D eigenvalue weighted by Gasteiger charge is 2.16. The zero-order valence-electron chi connectivity index (χ0n) is 17.7. The normalized spacial score (nSPS) is 14.2. The van der Waals surface area contributed by atoms with Crippen LogP contribution in [0.4, 0.5) is 8.78 Å². The van der Waals surface area contributed by atoms with Gasteiger partial charge in [0.25, 0.3) is 0 Å². The number of rotatable bonds is 6. The molecule has 0 N–H and O–H groups in total. The van der Waals surface area contributed by atoms with Crippen LogP contribution in [0.25, 0.3) is 33.6 Å². The predicted octanol–water partition coefficient (Wildman–Crippen LogP) is 5.65. The smallest absolute Gasteiger partial charge is 0.123 e. The van der Waals surface area contributed by atoms with Crippen LogP contribution in [0.1, 0.15) is 12.8 Å². The third-order valence-corrected chi connectivity index (χ3v) is 5.93. The first kappa shape index (κ1) is 20.5. The van der Waals surface area contributed by atoms with Gasteiger partial charge < -0.3 is 4.90 Å². The van der Waals surface area contributed by atoms with Crippen LogP contribution in [0.2, 0.25) is 0 Å². The Morgan fingerprint density at radius 3 is 2.09 bits per heavy atom. The number of pyridine rings is 1. The SMILES string of the molecule is Fc1ccc(-c2cc(-c3nn(CCN4CCCC4)cc3-c3ccc(F)cc3)ccn2)cc1. The van der Waals surface area contributed by atoms with Gasteiger partial charge in [0, 0.05) is 35.6 Å². The van der Waals surface area contributed by atoms with Crippen LogP contribution in [0.5, 0.6) is 0 Å². The van der Waals surface area contributed by atoms with Gasteiger partial charge in [-0.25, -0.2) is 8.78 Å². The molecule has 0 bridgehead atoms. The molecule has 2 aromatic heterocycles. The van der Waals surface area contributed by atoms with E-state index < -0.39 is 0 Å². The minimum atomic E-state index is -0.278. The minimum Gasteiger partial charge on any atom is -0.301 e. The molecule has 1 fully saturated rings. The monoisotopic (exact) mass is 430 g/mol. The quantitative estimate of drug-likeness (QED) is 0.396. The van der Waals surface area contributed by atoms with E-state index in [0.717, 1.165) is 59.8 Å². The molecule has 3 heterocycles. The highest BCUT2D eigenvalue weighted by Crippen LogP contribution is 2.33. The predicted molar refractivity (Wildman–Crippen MR) is 122 cm³/mol. The van der Waals surface area contributed by atoms with Gasteiger partial charge in [-0.1, -0.05) is 12.1 Å². The average molecular weight is 431 g/mol. The molecule has 1 aliphatic heterocycles. The molecule has 162 valence electrons. The van der Waals surface area contributed by atoms with Crippen LogP contribution in [-0.4, -0.2) is 39.3 Å². The van der Waals surface area contributed by atoms with E-state index in [1.165, 1.54) is 37.1 Å². The highest BCUT2D eigenvalue weighted by atomic mass is 19.1. The van der Waals surface area contributed by atoms with Gasteiger partial charge in [0.05, 0.1) is 12.2 Å². The van der Waals surface area contributed by atoms with Crippen LogP contribution in [-0.2, 0) is 6.54 Å². The lowest BCUT2D eigenvalue weighted by Gasteiger charge is -2.13.